The highest BCUT2D eigenvalue weighted by atomic mass is 16.5. The Labute approximate surface area is 127 Å². The summed E-state index contributed by atoms with van der Waals surface area (Å²) in [5.41, 5.74) is 2.93. The third-order valence-electron chi connectivity index (χ3n) is 3.27. The molecule has 22 heavy (non-hydrogen) atoms. The van der Waals surface area contributed by atoms with E-state index in [0.29, 0.717) is 17.0 Å². The summed E-state index contributed by atoms with van der Waals surface area (Å²) >= 11 is 0. The Morgan fingerprint density at radius 2 is 1.95 bits per heavy atom. The smallest absolute Gasteiger partial charge is 0.338 e. The molecule has 0 spiro atoms. The van der Waals surface area contributed by atoms with Crippen LogP contribution in [0, 0.1) is 13.8 Å². The van der Waals surface area contributed by atoms with E-state index < -0.39 is 5.97 Å². The molecule has 1 N–H and O–H groups in total. The number of hydrogen-bond donors (Lipinski definition) is 1. The predicted molar refractivity (Wildman–Crippen MR) is 79.7 cm³/mol. The molecule has 0 saturated carbocycles. The molecule has 3 aromatic rings. The summed E-state index contributed by atoms with van der Waals surface area (Å²) in [7, 11) is 0. The minimum absolute atomic E-state index is 0.0710. The number of aryl methyl sites for hydroxylation is 2. The van der Waals surface area contributed by atoms with E-state index in [0.717, 1.165) is 11.4 Å². The predicted octanol–water partition coefficient (Wildman–Crippen LogP) is 2.41. The average molecular weight is 297 g/mol. The second-order valence-electron chi connectivity index (χ2n) is 5.06. The largest absolute Gasteiger partial charge is 0.508 e. The van der Waals surface area contributed by atoms with E-state index in [9.17, 15) is 9.90 Å². The van der Waals surface area contributed by atoms with E-state index in [4.69, 9.17) is 4.74 Å². The molecule has 6 nitrogen and oxygen atoms in total. The molecule has 0 saturated heterocycles. The Bertz CT molecular complexity index is 838. The third-order valence-corrected chi connectivity index (χ3v) is 3.27. The molecule has 0 bridgehead atoms. The van der Waals surface area contributed by atoms with Crippen molar-refractivity contribution in [1.82, 2.24) is 14.4 Å². The molecule has 6 heteroatoms. The number of phenols is 1. The zero-order valence-corrected chi connectivity index (χ0v) is 12.3. The quantitative estimate of drug-likeness (QED) is 0.751. The van der Waals surface area contributed by atoms with Gasteiger partial charge in [-0.15, -0.1) is 0 Å². The lowest BCUT2D eigenvalue weighted by molar-refractivity contribution is 0.0468. The van der Waals surface area contributed by atoms with Crippen LogP contribution in [-0.4, -0.2) is 25.4 Å². The standard InChI is InChI=1S/C16H15N3O3/c1-10-7-11(2)19-8-13(18-16(19)17-10)9-22-15(21)12-3-5-14(20)6-4-12/h3-8,20H,9H2,1-2H3. The molecular weight excluding hydrogens is 282 g/mol. The number of carbonyl (C=O) groups excluding carboxylic acids is 1. The first-order valence-corrected chi connectivity index (χ1v) is 6.81. The van der Waals surface area contributed by atoms with Gasteiger partial charge in [-0.2, -0.15) is 0 Å². The van der Waals surface area contributed by atoms with Crippen molar-refractivity contribution in [3.8, 4) is 5.75 Å². The second-order valence-corrected chi connectivity index (χ2v) is 5.06. The lowest BCUT2D eigenvalue weighted by atomic mass is 10.2. The topological polar surface area (TPSA) is 76.7 Å². The van der Waals surface area contributed by atoms with Crippen molar-refractivity contribution in [2.45, 2.75) is 20.5 Å². The molecule has 0 aliphatic heterocycles. The van der Waals surface area contributed by atoms with Crippen molar-refractivity contribution >= 4 is 11.7 Å². The van der Waals surface area contributed by atoms with Crippen LogP contribution in [0.4, 0.5) is 0 Å². The Balaban J connectivity index is 1.75. The molecule has 0 radical (unpaired) electrons. The molecular formula is C16H15N3O3. The fourth-order valence-corrected chi connectivity index (χ4v) is 2.21. The SMILES string of the molecule is Cc1cc(C)n2cc(COC(=O)c3ccc(O)cc3)nc2n1. The van der Waals surface area contributed by atoms with Crippen molar-refractivity contribution < 1.29 is 14.6 Å². The maximum Gasteiger partial charge on any atom is 0.338 e. The van der Waals surface area contributed by atoms with Crippen LogP contribution < -0.4 is 0 Å². The van der Waals surface area contributed by atoms with Crippen LogP contribution in [0.2, 0.25) is 0 Å². The first-order valence-electron chi connectivity index (χ1n) is 6.81. The van der Waals surface area contributed by atoms with Crippen molar-refractivity contribution in [2.75, 3.05) is 0 Å². The number of esters is 1. The Morgan fingerprint density at radius 1 is 1.23 bits per heavy atom. The maximum absolute atomic E-state index is 11.9. The highest BCUT2D eigenvalue weighted by Gasteiger charge is 2.10. The Hall–Kier alpha value is -2.89. The van der Waals surface area contributed by atoms with Gasteiger partial charge in [0.2, 0.25) is 5.78 Å². The zero-order chi connectivity index (χ0) is 15.7. The van der Waals surface area contributed by atoms with Gasteiger partial charge < -0.3 is 9.84 Å². The summed E-state index contributed by atoms with van der Waals surface area (Å²) in [4.78, 5) is 20.6. The number of imidazole rings is 1. The Kier molecular flexibility index (Phi) is 3.50. The molecule has 2 aromatic heterocycles. The van der Waals surface area contributed by atoms with Gasteiger partial charge in [-0.25, -0.2) is 14.8 Å². The molecule has 0 atom stereocenters. The van der Waals surface area contributed by atoms with Crippen LogP contribution in [0.1, 0.15) is 27.4 Å². The van der Waals surface area contributed by atoms with E-state index in [1.807, 2.05) is 24.3 Å². The van der Waals surface area contributed by atoms with Crippen LogP contribution >= 0.6 is 0 Å². The first-order chi connectivity index (χ1) is 10.5. The molecule has 0 amide bonds. The monoisotopic (exact) mass is 297 g/mol. The summed E-state index contributed by atoms with van der Waals surface area (Å²) < 4.78 is 7.09. The number of nitrogens with zero attached hydrogens (tertiary/aromatic N) is 3. The molecule has 0 aliphatic rings. The number of aromatic hydroxyl groups is 1. The minimum atomic E-state index is -0.460. The van der Waals surface area contributed by atoms with E-state index in [1.165, 1.54) is 24.3 Å². The van der Waals surface area contributed by atoms with Crippen LogP contribution in [0.5, 0.6) is 5.75 Å². The highest BCUT2D eigenvalue weighted by Crippen LogP contribution is 2.13. The van der Waals surface area contributed by atoms with Crippen LogP contribution in [0.25, 0.3) is 5.78 Å². The highest BCUT2D eigenvalue weighted by molar-refractivity contribution is 5.89. The van der Waals surface area contributed by atoms with E-state index in [-0.39, 0.29) is 12.4 Å². The van der Waals surface area contributed by atoms with Gasteiger partial charge in [0.1, 0.15) is 12.4 Å². The number of fused-ring (bicyclic) bond motifs is 1. The summed E-state index contributed by atoms with van der Waals surface area (Å²) in [6.07, 6.45) is 1.81. The molecule has 0 fully saturated rings. The van der Waals surface area contributed by atoms with Gasteiger partial charge >= 0.3 is 5.97 Å². The molecule has 1 aromatic carbocycles. The molecule has 0 aliphatic carbocycles. The van der Waals surface area contributed by atoms with Crippen molar-refractivity contribution in [1.29, 1.82) is 0 Å². The summed E-state index contributed by atoms with van der Waals surface area (Å²) in [6, 6.07) is 7.86. The van der Waals surface area contributed by atoms with Gasteiger partial charge in [-0.05, 0) is 44.2 Å². The van der Waals surface area contributed by atoms with Crippen molar-refractivity contribution in [3.63, 3.8) is 0 Å². The van der Waals surface area contributed by atoms with Gasteiger partial charge in [-0.3, -0.25) is 4.40 Å². The molecule has 3 rings (SSSR count). The van der Waals surface area contributed by atoms with E-state index >= 15 is 0 Å². The van der Waals surface area contributed by atoms with Crippen molar-refractivity contribution in [3.05, 3.63) is 59.2 Å². The number of phenolic OH excluding ortho intramolecular Hbond substituents is 1. The van der Waals surface area contributed by atoms with Gasteiger partial charge in [0.05, 0.1) is 11.3 Å². The third kappa shape index (κ3) is 2.76. The molecule has 0 unspecified atom stereocenters. The van der Waals surface area contributed by atoms with Crippen LogP contribution in [0.3, 0.4) is 0 Å². The second kappa shape index (κ2) is 5.48. The summed E-state index contributed by atoms with van der Waals surface area (Å²) in [5, 5.41) is 9.20. The van der Waals surface area contributed by atoms with Gasteiger partial charge in [-0.1, -0.05) is 0 Å². The van der Waals surface area contributed by atoms with Gasteiger partial charge in [0, 0.05) is 17.6 Å². The number of aromatic nitrogens is 3. The zero-order valence-electron chi connectivity index (χ0n) is 12.3. The van der Waals surface area contributed by atoms with Gasteiger partial charge in [0.15, 0.2) is 0 Å². The van der Waals surface area contributed by atoms with Gasteiger partial charge in [0.25, 0.3) is 0 Å². The summed E-state index contributed by atoms with van der Waals surface area (Å²) in [6.45, 7) is 3.95. The number of hydrogen-bond acceptors (Lipinski definition) is 5. The minimum Gasteiger partial charge on any atom is -0.508 e. The van der Waals surface area contributed by atoms with Crippen molar-refractivity contribution in [2.24, 2.45) is 0 Å². The maximum atomic E-state index is 11.9. The average Bonchev–Trinajstić information content (AvgIpc) is 2.89. The molecule has 2 heterocycles. The lowest BCUT2D eigenvalue weighted by Crippen LogP contribution is -2.05. The normalized spacial score (nSPS) is 10.8. The van der Waals surface area contributed by atoms with E-state index in [1.54, 1.807) is 6.20 Å². The number of carbonyl (C=O) groups is 1. The number of ether oxygens (including phenoxy) is 1. The lowest BCUT2D eigenvalue weighted by Gasteiger charge is -2.02. The van der Waals surface area contributed by atoms with E-state index in [2.05, 4.69) is 9.97 Å². The first kappa shape index (κ1) is 14.1. The molecule has 112 valence electrons. The number of rotatable bonds is 3. The van der Waals surface area contributed by atoms with Crippen LogP contribution in [0.15, 0.2) is 36.5 Å². The number of benzene rings is 1. The van der Waals surface area contributed by atoms with Crippen LogP contribution in [-0.2, 0) is 11.3 Å². The summed E-state index contributed by atoms with van der Waals surface area (Å²) in [5.74, 6) is 0.236. The fraction of sp³-hybridized carbons (Fsp3) is 0.188. The Morgan fingerprint density at radius 3 is 2.68 bits per heavy atom. The fourth-order valence-electron chi connectivity index (χ4n) is 2.21.